The Balaban J connectivity index is 2.45. The molecule has 0 aromatic heterocycles. The van der Waals surface area contributed by atoms with E-state index in [4.69, 9.17) is 33.3 Å². The molecule has 0 saturated heterocycles. The summed E-state index contributed by atoms with van der Waals surface area (Å²) in [5.74, 6) is -0.334. The molecule has 0 saturated carbocycles. The average molecular weight is 325 g/mol. The van der Waals surface area contributed by atoms with Crippen LogP contribution < -0.4 is 4.74 Å². The second kappa shape index (κ2) is 9.69. The highest BCUT2D eigenvalue weighted by atomic mass is 16.5. The molecule has 2 nitrogen and oxygen atoms in total. The largest absolute Gasteiger partial charge is 0.494 e. The van der Waals surface area contributed by atoms with Crippen molar-refractivity contribution in [2.45, 2.75) is 45.1 Å². The smallest absolute Gasteiger partial charge is 0.119 e. The molecular formula is C21H25NO. The van der Waals surface area contributed by atoms with Gasteiger partial charge >= 0.3 is 0 Å². The van der Waals surface area contributed by atoms with Gasteiger partial charge in [-0.3, -0.25) is 0 Å². The molecular weight excluding hydrogens is 282 g/mol. The van der Waals surface area contributed by atoms with E-state index in [1.165, 1.54) is 24.3 Å². The van der Waals surface area contributed by atoms with E-state index in [-0.39, 0.29) is 5.75 Å². The van der Waals surface area contributed by atoms with E-state index in [0.717, 1.165) is 0 Å². The molecule has 0 bridgehead atoms. The minimum Gasteiger partial charge on any atom is -0.494 e. The summed E-state index contributed by atoms with van der Waals surface area (Å²) in [7, 11) is 0. The molecule has 0 radical (unpaired) electrons. The molecule has 0 atom stereocenters. The summed E-state index contributed by atoms with van der Waals surface area (Å²) in [5, 5.41) is 8.91. The Bertz CT molecular complexity index is 1240. The number of nitrogens with zero attached hydrogens (tertiary/aromatic N) is 1. The van der Waals surface area contributed by atoms with Gasteiger partial charge in [-0.05, 0) is 41.8 Å². The maximum Gasteiger partial charge on any atom is 0.119 e. The van der Waals surface area contributed by atoms with Gasteiger partial charge in [0, 0.05) is 20.6 Å². The minimum absolute atomic E-state index is 0.334. The average Bonchev–Trinajstić information content (AvgIpc) is 2.83. The fourth-order valence-corrected chi connectivity index (χ4v) is 1.69. The molecule has 2 aromatic carbocycles. The zero-order valence-electron chi connectivity index (χ0n) is 29.0. The fourth-order valence-electron chi connectivity index (χ4n) is 1.69. The van der Waals surface area contributed by atoms with Gasteiger partial charge in [0.05, 0.1) is 20.9 Å². The van der Waals surface area contributed by atoms with Crippen LogP contribution in [0.25, 0.3) is 11.1 Å². The predicted octanol–water partition coefficient (Wildman–Crippen LogP) is 5.96. The molecule has 120 valence electrons. The van der Waals surface area contributed by atoms with Crippen molar-refractivity contribution in [3.8, 4) is 22.9 Å². The van der Waals surface area contributed by atoms with Crippen molar-refractivity contribution in [2.24, 2.45) is 0 Å². The van der Waals surface area contributed by atoms with Crippen molar-refractivity contribution in [3.63, 3.8) is 0 Å². The summed E-state index contributed by atoms with van der Waals surface area (Å²) in [6, 6.07) is 13.7. The van der Waals surface area contributed by atoms with Crippen LogP contribution in [0.3, 0.4) is 0 Å². The molecule has 2 rings (SSSR count). The van der Waals surface area contributed by atoms with Gasteiger partial charge in [0.25, 0.3) is 0 Å². The highest BCUT2D eigenvalue weighted by Gasteiger charge is 2.00. The molecule has 2 heteroatoms. The van der Waals surface area contributed by atoms with Crippen LogP contribution in [0, 0.1) is 11.3 Å². The number of benzene rings is 2. The quantitative estimate of drug-likeness (QED) is 0.569. The van der Waals surface area contributed by atoms with Gasteiger partial charge in [-0.15, -0.1) is 0 Å². The Labute approximate surface area is 163 Å². The van der Waals surface area contributed by atoms with E-state index in [0.29, 0.717) is 16.7 Å². The van der Waals surface area contributed by atoms with Crippen LogP contribution in [0.2, 0.25) is 0 Å². The Kier molecular flexibility index (Phi) is 2.27. The van der Waals surface area contributed by atoms with Gasteiger partial charge in [-0.2, -0.15) is 5.26 Å². The lowest BCUT2D eigenvalue weighted by atomic mass is 10.0. The number of ether oxygens (including phenoxy) is 1. The zero-order valence-corrected chi connectivity index (χ0v) is 12.0. The number of nitriles is 1. The van der Waals surface area contributed by atoms with E-state index in [2.05, 4.69) is 0 Å². The zero-order chi connectivity index (χ0) is 31.4. The standard InChI is InChI=1S/C21H25NO/c1-2-3-4-5-6-7-16-23-21-14-12-20(13-15-21)19-10-8-18(17-22)9-11-19/h8-15H,2-7,16H2,1H3/i1D3,2D2,3D2,4D2,5D2,6D2,7D2,16D2. The normalized spacial score (nSPS) is 26.1. The summed E-state index contributed by atoms with van der Waals surface area (Å²) in [6.45, 7) is -7.54. The summed E-state index contributed by atoms with van der Waals surface area (Å²) < 4.78 is 139. The first-order chi connectivity index (χ1) is 17.7. The molecule has 2 aromatic rings. The van der Waals surface area contributed by atoms with E-state index in [9.17, 15) is 0 Å². The molecule has 0 aliphatic heterocycles. The van der Waals surface area contributed by atoms with Crippen molar-refractivity contribution >= 4 is 0 Å². The summed E-state index contributed by atoms with van der Waals surface area (Å²) in [6.07, 6.45) is -25.4. The monoisotopic (exact) mass is 324 g/mol. The summed E-state index contributed by atoms with van der Waals surface area (Å²) >= 11 is 0. The highest BCUT2D eigenvalue weighted by molar-refractivity contribution is 5.64. The van der Waals surface area contributed by atoms with Gasteiger partial charge < -0.3 is 4.74 Å². The van der Waals surface area contributed by atoms with Gasteiger partial charge in [-0.1, -0.05) is 63.0 Å². The maximum absolute atomic E-state index is 8.91. The molecule has 0 N–H and O–H groups in total. The number of rotatable bonds is 9. The lowest BCUT2D eigenvalue weighted by Gasteiger charge is -2.07. The second-order valence-electron chi connectivity index (χ2n) is 4.17. The van der Waals surface area contributed by atoms with Crippen LogP contribution in [-0.2, 0) is 0 Å². The molecule has 0 aliphatic rings. The lowest BCUT2D eigenvalue weighted by molar-refractivity contribution is 0.304. The molecule has 0 aliphatic carbocycles. The minimum atomic E-state index is -4.36. The predicted molar refractivity (Wildman–Crippen MR) is 95.5 cm³/mol. The number of hydrogen-bond donors (Lipinski definition) is 0. The maximum atomic E-state index is 8.91. The Hall–Kier alpha value is -2.27. The molecule has 0 heterocycles. The third-order valence-electron chi connectivity index (χ3n) is 2.73. The Morgan fingerprint density at radius 2 is 1.52 bits per heavy atom. The van der Waals surface area contributed by atoms with Gasteiger partial charge in [0.15, 0.2) is 0 Å². The summed E-state index contributed by atoms with van der Waals surface area (Å²) in [4.78, 5) is 0. The Morgan fingerprint density at radius 1 is 0.913 bits per heavy atom. The van der Waals surface area contributed by atoms with Crippen molar-refractivity contribution in [3.05, 3.63) is 54.1 Å². The topological polar surface area (TPSA) is 33.0 Å². The fraction of sp³-hybridized carbons (Fsp3) is 0.381. The lowest BCUT2D eigenvalue weighted by Crippen LogP contribution is -1.97. The van der Waals surface area contributed by atoms with Crippen molar-refractivity contribution < 1.29 is 28.0 Å². The first-order valence-corrected chi connectivity index (χ1v) is 6.52. The molecule has 23 heavy (non-hydrogen) atoms. The van der Waals surface area contributed by atoms with Gasteiger partial charge in [-0.25, -0.2) is 0 Å². The van der Waals surface area contributed by atoms with Crippen LogP contribution in [0.15, 0.2) is 48.5 Å². The van der Waals surface area contributed by atoms with E-state index < -0.39 is 51.6 Å². The summed E-state index contributed by atoms with van der Waals surface area (Å²) in [5.41, 5.74) is 1.67. The molecule has 0 amide bonds. The molecule has 0 fully saturated rings. The van der Waals surface area contributed by atoms with Gasteiger partial charge in [0.1, 0.15) is 5.75 Å². The third kappa shape index (κ3) is 5.79. The van der Waals surface area contributed by atoms with Crippen molar-refractivity contribution in [1.82, 2.24) is 0 Å². The van der Waals surface area contributed by atoms with Crippen molar-refractivity contribution in [1.29, 1.82) is 5.26 Å². The van der Waals surface area contributed by atoms with Crippen LogP contribution in [0.4, 0.5) is 0 Å². The molecule has 0 unspecified atom stereocenters. The first-order valence-electron chi connectivity index (χ1n) is 15.0. The van der Waals surface area contributed by atoms with Crippen molar-refractivity contribution in [2.75, 3.05) is 6.56 Å². The molecule has 0 spiro atoms. The van der Waals surface area contributed by atoms with E-state index in [1.54, 1.807) is 24.3 Å². The highest BCUT2D eigenvalue weighted by Crippen LogP contribution is 2.23. The van der Waals surface area contributed by atoms with Gasteiger partial charge in [0.2, 0.25) is 0 Å². The van der Waals surface area contributed by atoms with Crippen LogP contribution in [0.5, 0.6) is 5.75 Å². The third-order valence-corrected chi connectivity index (χ3v) is 2.73. The number of hydrogen-bond acceptors (Lipinski definition) is 2. The van der Waals surface area contributed by atoms with Crippen LogP contribution in [-0.4, -0.2) is 6.56 Å². The van der Waals surface area contributed by atoms with E-state index >= 15 is 0 Å². The van der Waals surface area contributed by atoms with Crippen LogP contribution in [0.1, 0.15) is 74.0 Å². The first kappa shape index (κ1) is 5.38. The SMILES string of the molecule is [2H]C([2H])([2H])C([2H])([2H])C([2H])([2H])C([2H])([2H])C([2H])([2H])C([2H])([2H])C([2H])([2H])C([2H])([2H])Oc1ccc(-c2ccc(C#N)cc2)cc1. The second-order valence-corrected chi connectivity index (χ2v) is 4.17. The Morgan fingerprint density at radius 3 is 2.17 bits per heavy atom. The van der Waals surface area contributed by atoms with Crippen LogP contribution >= 0.6 is 0 Å². The van der Waals surface area contributed by atoms with E-state index in [1.807, 2.05) is 6.07 Å².